The Bertz CT molecular complexity index is 848. The molecule has 0 saturated carbocycles. The lowest BCUT2D eigenvalue weighted by Crippen LogP contribution is -2.05. The Labute approximate surface area is 152 Å². The highest BCUT2D eigenvalue weighted by Gasteiger charge is 2.23. The molecular formula is C16H11Cl2N3O2S. The van der Waals surface area contributed by atoms with E-state index in [4.69, 9.17) is 27.9 Å². The number of halogens is 2. The van der Waals surface area contributed by atoms with Gasteiger partial charge in [-0.1, -0.05) is 29.3 Å². The summed E-state index contributed by atoms with van der Waals surface area (Å²) in [6.45, 7) is 0. The van der Waals surface area contributed by atoms with Crippen molar-refractivity contribution in [3.63, 3.8) is 0 Å². The van der Waals surface area contributed by atoms with Crippen molar-refractivity contribution in [2.24, 2.45) is 4.99 Å². The second-order valence-corrected chi connectivity index (χ2v) is 6.50. The first kappa shape index (κ1) is 16.8. The minimum atomic E-state index is -0.350. The molecular weight excluding hydrogens is 369 g/mol. The summed E-state index contributed by atoms with van der Waals surface area (Å²) in [6.07, 6.45) is 3.30. The van der Waals surface area contributed by atoms with E-state index >= 15 is 0 Å². The van der Waals surface area contributed by atoms with Crippen molar-refractivity contribution in [1.82, 2.24) is 4.98 Å². The highest BCUT2D eigenvalue weighted by atomic mass is 35.5. The predicted octanol–water partition coefficient (Wildman–Crippen LogP) is 4.48. The third-order valence-electron chi connectivity index (χ3n) is 3.10. The van der Waals surface area contributed by atoms with E-state index in [9.17, 15) is 4.79 Å². The Morgan fingerprint density at radius 1 is 1.21 bits per heavy atom. The molecule has 2 aromatic rings. The molecule has 1 N–H and O–H groups in total. The molecule has 2 heterocycles. The number of benzene rings is 1. The largest absolute Gasteiger partial charge is 0.481 e. The van der Waals surface area contributed by atoms with Crippen LogP contribution in [0.3, 0.4) is 0 Å². The van der Waals surface area contributed by atoms with Crippen molar-refractivity contribution in [2.75, 3.05) is 12.4 Å². The maximum absolute atomic E-state index is 12.1. The highest BCUT2D eigenvalue weighted by molar-refractivity contribution is 8.18. The van der Waals surface area contributed by atoms with Crippen LogP contribution in [0.15, 0.2) is 46.4 Å². The number of ether oxygens (including phenoxy) is 1. The van der Waals surface area contributed by atoms with Crippen LogP contribution in [0, 0.1) is 0 Å². The first-order valence-electron chi connectivity index (χ1n) is 6.81. The number of carbonyl (C=O) groups excluding carboxylic acids is 1. The van der Waals surface area contributed by atoms with Gasteiger partial charge in [0.1, 0.15) is 0 Å². The number of rotatable bonds is 3. The summed E-state index contributed by atoms with van der Waals surface area (Å²) < 4.78 is 5.18. The third-order valence-corrected chi connectivity index (χ3v) is 4.62. The number of amidine groups is 1. The van der Waals surface area contributed by atoms with Gasteiger partial charge in [0.25, 0.3) is 5.91 Å². The van der Waals surface area contributed by atoms with E-state index in [1.54, 1.807) is 36.5 Å². The van der Waals surface area contributed by atoms with Crippen LogP contribution in [0.1, 0.15) is 5.56 Å². The normalized spacial score (nSPS) is 15.5. The number of aliphatic imine (C=N–C) groups is 1. The van der Waals surface area contributed by atoms with E-state index in [0.717, 1.165) is 0 Å². The fraction of sp³-hybridized carbons (Fsp3) is 0.0625. The van der Waals surface area contributed by atoms with E-state index in [-0.39, 0.29) is 5.91 Å². The van der Waals surface area contributed by atoms with Gasteiger partial charge in [0, 0.05) is 11.8 Å². The molecule has 1 aliphatic heterocycles. The maximum Gasteiger partial charge on any atom is 0.286 e. The summed E-state index contributed by atoms with van der Waals surface area (Å²) in [5.74, 6) is 0.0885. The van der Waals surface area contributed by atoms with Gasteiger partial charge in [-0.2, -0.15) is 4.99 Å². The van der Waals surface area contributed by atoms with Gasteiger partial charge in [0.15, 0.2) is 5.17 Å². The standard InChI is InChI=1S/C16H11Cl2N3O2S/c1-23-15-9(4-3-7-19-15)8-12-14(22)21-16(24-12)20-13-10(17)5-2-6-11(13)18/h2-8H,1H3,(H,20,21,22). The number of carbonyl (C=O) groups is 1. The molecule has 0 aliphatic carbocycles. The topological polar surface area (TPSA) is 63.6 Å². The second-order valence-electron chi connectivity index (χ2n) is 4.66. The van der Waals surface area contributed by atoms with Gasteiger partial charge in [0.2, 0.25) is 5.88 Å². The molecule has 1 aliphatic rings. The fourth-order valence-electron chi connectivity index (χ4n) is 2.01. The molecule has 0 bridgehead atoms. The van der Waals surface area contributed by atoms with Gasteiger partial charge >= 0.3 is 0 Å². The van der Waals surface area contributed by atoms with Crippen molar-refractivity contribution >= 4 is 57.8 Å². The minimum Gasteiger partial charge on any atom is -0.481 e. The monoisotopic (exact) mass is 379 g/mol. The smallest absolute Gasteiger partial charge is 0.286 e. The molecule has 8 heteroatoms. The summed E-state index contributed by atoms with van der Waals surface area (Å²) in [5.41, 5.74) is 1.21. The third kappa shape index (κ3) is 3.56. The molecule has 0 atom stereocenters. The number of nitrogens with zero attached hydrogens (tertiary/aromatic N) is 2. The van der Waals surface area contributed by atoms with Gasteiger partial charge in [-0.05, 0) is 42.1 Å². The lowest BCUT2D eigenvalue weighted by atomic mass is 10.2. The van der Waals surface area contributed by atoms with Crippen LogP contribution in [-0.4, -0.2) is 23.2 Å². The quantitative estimate of drug-likeness (QED) is 0.796. The van der Waals surface area contributed by atoms with Gasteiger partial charge < -0.3 is 10.1 Å². The van der Waals surface area contributed by atoms with E-state index < -0.39 is 0 Å². The summed E-state index contributed by atoms with van der Waals surface area (Å²) in [5, 5.41) is 4.30. The molecule has 1 aromatic carbocycles. The average molecular weight is 380 g/mol. The molecule has 0 fully saturated rings. The number of amides is 1. The minimum absolute atomic E-state index is 0.350. The van der Waals surface area contributed by atoms with Crippen molar-refractivity contribution in [1.29, 1.82) is 0 Å². The van der Waals surface area contributed by atoms with Crippen LogP contribution in [0.25, 0.3) is 6.08 Å². The Kier molecular flexibility index (Phi) is 5.08. The van der Waals surface area contributed by atoms with Crippen molar-refractivity contribution in [2.45, 2.75) is 0 Å². The zero-order valence-electron chi connectivity index (χ0n) is 12.4. The zero-order valence-corrected chi connectivity index (χ0v) is 14.7. The maximum atomic E-state index is 12.1. The van der Waals surface area contributed by atoms with Crippen molar-refractivity contribution in [3.8, 4) is 5.88 Å². The van der Waals surface area contributed by atoms with E-state index in [0.29, 0.717) is 37.2 Å². The molecule has 0 spiro atoms. The molecule has 5 nitrogen and oxygen atoms in total. The highest BCUT2D eigenvalue weighted by Crippen LogP contribution is 2.35. The predicted molar refractivity (Wildman–Crippen MR) is 98.9 cm³/mol. The lowest BCUT2D eigenvalue weighted by molar-refractivity contribution is -0.113. The number of aromatic nitrogens is 1. The van der Waals surface area contributed by atoms with E-state index in [1.807, 2.05) is 6.07 Å². The van der Waals surface area contributed by atoms with Gasteiger partial charge in [-0.15, -0.1) is 0 Å². The van der Waals surface area contributed by atoms with E-state index in [1.165, 1.54) is 18.9 Å². The molecule has 122 valence electrons. The van der Waals surface area contributed by atoms with Crippen molar-refractivity contribution in [3.05, 3.63) is 57.0 Å². The summed E-state index contributed by atoms with van der Waals surface area (Å²) in [6, 6.07) is 8.72. The zero-order chi connectivity index (χ0) is 17.1. The molecule has 1 amide bonds. The molecule has 24 heavy (non-hydrogen) atoms. The Balaban J connectivity index is 1.83. The fourth-order valence-corrected chi connectivity index (χ4v) is 3.31. The molecule has 3 rings (SSSR count). The van der Waals surface area contributed by atoms with Gasteiger partial charge in [-0.25, -0.2) is 4.98 Å². The summed E-state index contributed by atoms with van der Waals surface area (Å²) >= 11 is 13.4. The van der Waals surface area contributed by atoms with Crippen LogP contribution in [0.2, 0.25) is 10.0 Å². The number of hydrogen-bond acceptors (Lipinski definition) is 5. The number of nitrogens with one attached hydrogen (secondary N) is 1. The Morgan fingerprint density at radius 2 is 1.96 bits per heavy atom. The van der Waals surface area contributed by atoms with Crippen LogP contribution in [0.4, 0.5) is 5.69 Å². The molecule has 0 radical (unpaired) electrons. The Hall–Kier alpha value is -2.02. The van der Waals surface area contributed by atoms with Gasteiger partial charge in [0.05, 0.1) is 27.7 Å². The Morgan fingerprint density at radius 3 is 2.67 bits per heavy atom. The van der Waals surface area contributed by atoms with E-state index in [2.05, 4.69) is 15.3 Å². The number of pyridine rings is 1. The first-order chi connectivity index (χ1) is 11.6. The number of anilines is 1. The number of thioether (sulfide) groups is 1. The first-order valence-corrected chi connectivity index (χ1v) is 8.38. The lowest BCUT2D eigenvalue weighted by Gasteiger charge is -2.08. The van der Waals surface area contributed by atoms with Crippen LogP contribution in [0.5, 0.6) is 5.88 Å². The summed E-state index contributed by atoms with van der Waals surface area (Å²) in [7, 11) is 1.52. The summed E-state index contributed by atoms with van der Waals surface area (Å²) in [4.78, 5) is 20.6. The second kappa shape index (κ2) is 7.25. The van der Waals surface area contributed by atoms with Crippen LogP contribution < -0.4 is 10.1 Å². The number of methoxy groups -OCH3 is 1. The molecule has 0 saturated heterocycles. The van der Waals surface area contributed by atoms with Gasteiger partial charge in [-0.3, -0.25) is 4.79 Å². The molecule has 0 unspecified atom stereocenters. The van der Waals surface area contributed by atoms with Crippen molar-refractivity contribution < 1.29 is 9.53 Å². The number of para-hydroxylation sites is 1. The van der Waals surface area contributed by atoms with Crippen LogP contribution in [-0.2, 0) is 4.79 Å². The molecule has 1 aromatic heterocycles. The number of hydrogen-bond donors (Lipinski definition) is 1. The average Bonchev–Trinajstić information content (AvgIpc) is 2.91. The SMILES string of the molecule is COc1ncccc1C=C1SC(Nc2c(Cl)cccc2Cl)=NC1=O. The van der Waals surface area contributed by atoms with Crippen LogP contribution >= 0.6 is 35.0 Å².